The van der Waals surface area contributed by atoms with E-state index >= 15 is 0 Å². The van der Waals surface area contributed by atoms with Gasteiger partial charge in [-0.15, -0.1) is 11.3 Å². The lowest BCUT2D eigenvalue weighted by Crippen LogP contribution is -2.14. The fraction of sp³-hybridized carbons (Fsp3) is 0.0870. The maximum atomic E-state index is 12.8. The van der Waals surface area contributed by atoms with E-state index in [1.807, 2.05) is 48.5 Å². The number of rotatable bonds is 6. The summed E-state index contributed by atoms with van der Waals surface area (Å²) in [6.07, 6.45) is -2.67. The fourth-order valence-electron chi connectivity index (χ4n) is 2.82. The number of carbonyl (C=O) groups is 1. The van der Waals surface area contributed by atoms with Gasteiger partial charge in [-0.2, -0.15) is 13.2 Å². The molecule has 0 saturated heterocycles. The largest absolute Gasteiger partial charge is 0.416 e. The molecule has 4 nitrogen and oxygen atoms in total. The second-order valence-electron chi connectivity index (χ2n) is 6.72. The highest BCUT2D eigenvalue weighted by molar-refractivity contribution is 8.01. The van der Waals surface area contributed by atoms with E-state index in [4.69, 9.17) is 0 Å². The molecule has 0 aliphatic rings. The Morgan fingerprint density at radius 2 is 1.88 bits per heavy atom. The molecule has 0 aliphatic carbocycles. The Labute approximate surface area is 190 Å². The summed E-state index contributed by atoms with van der Waals surface area (Å²) in [4.78, 5) is 21.2. The van der Waals surface area contributed by atoms with Crippen LogP contribution in [0.25, 0.3) is 10.2 Å². The van der Waals surface area contributed by atoms with Crippen LogP contribution in [0.15, 0.2) is 82.1 Å². The molecule has 9 heteroatoms. The summed E-state index contributed by atoms with van der Waals surface area (Å²) in [5, 5.41) is 2.50. The number of alkyl halides is 3. The summed E-state index contributed by atoms with van der Waals surface area (Å²) in [5.74, 6) is -0.364. The topological polar surface area (TPSA) is 54.4 Å². The lowest BCUT2D eigenvalue weighted by atomic mass is 10.2. The number of nitrogens with one attached hydrogen (secondary N) is 1. The number of aromatic nitrogens is 1. The molecule has 4 aromatic rings. The van der Waals surface area contributed by atoms with Gasteiger partial charge in [-0.25, -0.2) is 4.98 Å². The summed E-state index contributed by atoms with van der Waals surface area (Å²) in [5.41, 5.74) is 1.90. The molecule has 0 fully saturated rings. The van der Waals surface area contributed by atoms with Crippen LogP contribution in [0.1, 0.15) is 11.1 Å². The molecule has 1 heterocycles. The first-order valence-corrected chi connectivity index (χ1v) is 11.3. The second-order valence-corrected chi connectivity index (χ2v) is 8.97. The monoisotopic (exact) mass is 471 g/mol. The highest BCUT2D eigenvalue weighted by Gasteiger charge is 2.30. The van der Waals surface area contributed by atoms with Crippen molar-refractivity contribution in [2.75, 3.05) is 11.1 Å². The highest BCUT2D eigenvalue weighted by Crippen LogP contribution is 2.33. The fourth-order valence-corrected chi connectivity index (χ4v) is 4.72. The predicted molar refractivity (Wildman–Crippen MR) is 124 cm³/mol. The number of benzene rings is 3. The summed E-state index contributed by atoms with van der Waals surface area (Å²) in [6.45, 7) is 0. The summed E-state index contributed by atoms with van der Waals surface area (Å²) >= 11 is 2.67. The van der Waals surface area contributed by atoms with E-state index in [9.17, 15) is 18.0 Å². The van der Waals surface area contributed by atoms with E-state index in [-0.39, 0.29) is 11.4 Å². The van der Waals surface area contributed by atoms with Crippen LogP contribution in [-0.2, 0) is 11.0 Å². The molecule has 1 N–H and O–H groups in total. The first kappa shape index (κ1) is 22.0. The molecular formula is C23H16F3N3OS2. The summed E-state index contributed by atoms with van der Waals surface area (Å²) < 4.78 is 40.1. The number of aliphatic imine (C=N–C) groups is 1. The van der Waals surface area contributed by atoms with Crippen LogP contribution in [0.2, 0.25) is 0 Å². The molecule has 4 rings (SSSR count). The normalized spacial score (nSPS) is 11.8. The van der Waals surface area contributed by atoms with Gasteiger partial charge in [0, 0.05) is 11.9 Å². The van der Waals surface area contributed by atoms with Crippen molar-refractivity contribution in [3.8, 4) is 0 Å². The number of hydrogen-bond acceptors (Lipinski definition) is 5. The van der Waals surface area contributed by atoms with Gasteiger partial charge >= 0.3 is 6.18 Å². The number of thioether (sulfide) groups is 1. The Bertz CT molecular complexity index is 1270. The molecule has 1 aromatic heterocycles. The lowest BCUT2D eigenvalue weighted by molar-refractivity contribution is -0.137. The Morgan fingerprint density at radius 3 is 2.66 bits per heavy atom. The first-order chi connectivity index (χ1) is 15.4. The van der Waals surface area contributed by atoms with Gasteiger partial charge in [0.05, 0.1) is 27.2 Å². The molecule has 0 spiro atoms. The average Bonchev–Trinajstić information content (AvgIpc) is 3.19. The molecule has 162 valence electrons. The van der Waals surface area contributed by atoms with Gasteiger partial charge in [0.2, 0.25) is 5.91 Å². The number of fused-ring (bicyclic) bond motifs is 1. The van der Waals surface area contributed by atoms with Gasteiger partial charge in [0.25, 0.3) is 0 Å². The van der Waals surface area contributed by atoms with Gasteiger partial charge in [-0.05, 0) is 42.0 Å². The van der Waals surface area contributed by atoms with Crippen LogP contribution < -0.4 is 5.32 Å². The zero-order chi connectivity index (χ0) is 22.6. The number of amides is 1. The van der Waals surface area contributed by atoms with Gasteiger partial charge in [0.1, 0.15) is 0 Å². The van der Waals surface area contributed by atoms with Crippen molar-refractivity contribution in [2.24, 2.45) is 4.99 Å². The van der Waals surface area contributed by atoms with Crippen LogP contribution in [0, 0.1) is 0 Å². The Kier molecular flexibility index (Phi) is 6.57. The number of anilines is 1. The molecule has 0 aliphatic heterocycles. The minimum atomic E-state index is -4.46. The lowest BCUT2D eigenvalue weighted by Gasteiger charge is -2.09. The van der Waals surface area contributed by atoms with Crippen molar-refractivity contribution in [3.05, 3.63) is 83.9 Å². The second kappa shape index (κ2) is 9.54. The quantitative estimate of drug-likeness (QED) is 0.249. The minimum absolute atomic E-state index is 0.0368. The standard InChI is InChI=1S/C23H16F3N3OS2/c24-23(25,26)16-7-4-8-18(11-16)28-21(30)14-31-22-29-19-10-9-17(12-20(19)32-22)27-13-15-5-2-1-3-6-15/h1-13H,14H2,(H,28,30). The number of hydrogen-bond donors (Lipinski definition) is 1. The zero-order valence-corrected chi connectivity index (χ0v) is 18.1. The minimum Gasteiger partial charge on any atom is -0.325 e. The molecule has 0 saturated carbocycles. The SMILES string of the molecule is O=C(CSc1nc2ccc(N=Cc3ccccc3)cc2s1)Nc1cccc(C(F)(F)F)c1. The molecule has 0 radical (unpaired) electrons. The molecule has 0 bridgehead atoms. The van der Waals surface area contributed by atoms with Crippen LogP contribution in [0.5, 0.6) is 0 Å². The molecule has 32 heavy (non-hydrogen) atoms. The molecule has 0 atom stereocenters. The smallest absolute Gasteiger partial charge is 0.325 e. The molecular weight excluding hydrogens is 455 g/mol. The van der Waals surface area contributed by atoms with Crippen molar-refractivity contribution < 1.29 is 18.0 Å². The Balaban J connectivity index is 1.38. The Hall–Kier alpha value is -3.17. The van der Waals surface area contributed by atoms with Crippen molar-refractivity contribution >= 4 is 56.8 Å². The van der Waals surface area contributed by atoms with Crippen molar-refractivity contribution in [2.45, 2.75) is 10.5 Å². The van der Waals surface area contributed by atoms with E-state index in [1.54, 1.807) is 6.21 Å². The third-order valence-electron chi connectivity index (χ3n) is 4.32. The number of thiazole rings is 1. The molecule has 0 unspecified atom stereocenters. The van der Waals surface area contributed by atoms with Crippen LogP contribution in [0.3, 0.4) is 0 Å². The van der Waals surface area contributed by atoms with Crippen molar-refractivity contribution in [3.63, 3.8) is 0 Å². The first-order valence-electron chi connectivity index (χ1n) is 9.46. The van der Waals surface area contributed by atoms with E-state index < -0.39 is 17.6 Å². The van der Waals surface area contributed by atoms with Gasteiger partial charge < -0.3 is 5.32 Å². The average molecular weight is 472 g/mol. The van der Waals surface area contributed by atoms with Gasteiger partial charge in [-0.3, -0.25) is 9.79 Å². The zero-order valence-electron chi connectivity index (χ0n) is 16.5. The third kappa shape index (κ3) is 5.74. The van der Waals surface area contributed by atoms with Crippen LogP contribution in [0.4, 0.5) is 24.5 Å². The highest BCUT2D eigenvalue weighted by atomic mass is 32.2. The number of nitrogens with zero attached hydrogens (tertiary/aromatic N) is 2. The van der Waals surface area contributed by atoms with Gasteiger partial charge in [-0.1, -0.05) is 48.2 Å². The maximum absolute atomic E-state index is 12.8. The predicted octanol–water partition coefficient (Wildman–Crippen LogP) is 6.80. The van der Waals surface area contributed by atoms with Crippen LogP contribution in [-0.4, -0.2) is 22.9 Å². The van der Waals surface area contributed by atoms with Crippen LogP contribution >= 0.6 is 23.1 Å². The van der Waals surface area contributed by atoms with E-state index in [0.717, 1.165) is 33.6 Å². The van der Waals surface area contributed by atoms with E-state index in [2.05, 4.69) is 15.3 Å². The number of carbonyl (C=O) groups excluding carboxylic acids is 1. The summed E-state index contributed by atoms with van der Waals surface area (Å²) in [6, 6.07) is 20.0. The maximum Gasteiger partial charge on any atom is 0.416 e. The van der Waals surface area contributed by atoms with E-state index in [0.29, 0.717) is 4.34 Å². The molecule has 3 aromatic carbocycles. The third-order valence-corrected chi connectivity index (χ3v) is 6.48. The van der Waals surface area contributed by atoms with E-state index in [1.165, 1.54) is 35.2 Å². The van der Waals surface area contributed by atoms with Crippen molar-refractivity contribution in [1.82, 2.24) is 4.98 Å². The summed E-state index contributed by atoms with van der Waals surface area (Å²) in [7, 11) is 0. The van der Waals surface area contributed by atoms with Gasteiger partial charge in [0.15, 0.2) is 4.34 Å². The number of halogens is 3. The molecule has 1 amide bonds. The van der Waals surface area contributed by atoms with Crippen molar-refractivity contribution in [1.29, 1.82) is 0 Å². The Morgan fingerprint density at radius 1 is 1.06 bits per heavy atom.